The quantitative estimate of drug-likeness (QED) is 0.553. The molecular formula is C11H23N3O3S. The van der Waals surface area contributed by atoms with Gasteiger partial charge in [0.1, 0.15) is 0 Å². The largest absolute Gasteiger partial charge is 0.392 e. The maximum absolute atomic E-state index is 11.1. The van der Waals surface area contributed by atoms with Gasteiger partial charge in [-0.05, 0) is 31.6 Å². The third kappa shape index (κ3) is 3.64. The van der Waals surface area contributed by atoms with Gasteiger partial charge in [-0.25, -0.2) is 4.72 Å². The molecule has 18 heavy (non-hydrogen) atoms. The van der Waals surface area contributed by atoms with Gasteiger partial charge in [0.25, 0.3) is 10.2 Å². The highest BCUT2D eigenvalue weighted by Crippen LogP contribution is 2.27. The molecule has 1 aliphatic heterocycles. The van der Waals surface area contributed by atoms with Crippen LogP contribution < -0.4 is 15.2 Å². The van der Waals surface area contributed by atoms with E-state index in [2.05, 4.69) is 9.44 Å². The maximum Gasteiger partial charge on any atom is 0.277 e. The van der Waals surface area contributed by atoms with Crippen LogP contribution in [0.1, 0.15) is 38.5 Å². The summed E-state index contributed by atoms with van der Waals surface area (Å²) in [5.41, 5.74) is 5.99. The van der Waals surface area contributed by atoms with Gasteiger partial charge < -0.3 is 10.8 Å². The van der Waals surface area contributed by atoms with E-state index in [0.717, 1.165) is 38.5 Å². The van der Waals surface area contributed by atoms with E-state index in [4.69, 9.17) is 5.73 Å². The molecule has 4 atom stereocenters. The van der Waals surface area contributed by atoms with Crippen molar-refractivity contribution in [1.82, 2.24) is 9.44 Å². The topological polar surface area (TPSA) is 104 Å². The Hall–Kier alpha value is -0.210. The molecule has 0 spiro atoms. The molecule has 106 valence electrons. The van der Waals surface area contributed by atoms with E-state index in [1.165, 1.54) is 0 Å². The first-order valence-electron chi connectivity index (χ1n) is 6.68. The number of rotatable bonds is 4. The Labute approximate surface area is 109 Å². The lowest BCUT2D eigenvalue weighted by Crippen LogP contribution is -2.44. The van der Waals surface area contributed by atoms with Gasteiger partial charge in [0.2, 0.25) is 0 Å². The molecule has 5 N–H and O–H groups in total. The van der Waals surface area contributed by atoms with Crippen molar-refractivity contribution in [3.05, 3.63) is 0 Å². The van der Waals surface area contributed by atoms with Gasteiger partial charge in [-0.15, -0.1) is 0 Å². The standard InChI is InChI=1S/C11H23N3O3S/c12-11-8(4-2-6-10(11)15)3-1-5-9-7-13-18(16,17)14-9/h8-11,13-15H,1-7,12H2. The minimum atomic E-state index is -3.23. The number of nitrogens with one attached hydrogen (secondary N) is 2. The van der Waals surface area contributed by atoms with Gasteiger partial charge in [0.15, 0.2) is 0 Å². The van der Waals surface area contributed by atoms with Gasteiger partial charge in [-0.3, -0.25) is 0 Å². The molecule has 1 saturated carbocycles. The van der Waals surface area contributed by atoms with Crippen LogP contribution >= 0.6 is 0 Å². The van der Waals surface area contributed by atoms with E-state index in [-0.39, 0.29) is 18.2 Å². The fourth-order valence-electron chi connectivity index (χ4n) is 2.93. The molecule has 0 amide bonds. The van der Waals surface area contributed by atoms with E-state index in [0.29, 0.717) is 12.5 Å². The first-order chi connectivity index (χ1) is 8.48. The predicted octanol–water partition coefficient (Wildman–Crippen LogP) is -0.549. The first kappa shape index (κ1) is 14.2. The molecular weight excluding hydrogens is 254 g/mol. The smallest absolute Gasteiger partial charge is 0.277 e. The lowest BCUT2D eigenvalue weighted by Gasteiger charge is -2.33. The molecule has 0 aromatic heterocycles. The van der Waals surface area contributed by atoms with Crippen molar-refractivity contribution < 1.29 is 13.5 Å². The normalized spacial score (nSPS) is 39.9. The van der Waals surface area contributed by atoms with Crippen molar-refractivity contribution in [2.24, 2.45) is 11.7 Å². The lowest BCUT2D eigenvalue weighted by molar-refractivity contribution is 0.0723. The predicted molar refractivity (Wildman–Crippen MR) is 69.0 cm³/mol. The first-order valence-corrected chi connectivity index (χ1v) is 8.17. The van der Waals surface area contributed by atoms with Crippen LogP contribution in [0.25, 0.3) is 0 Å². The van der Waals surface area contributed by atoms with Crippen LogP contribution in [0.15, 0.2) is 0 Å². The van der Waals surface area contributed by atoms with E-state index in [9.17, 15) is 13.5 Å². The molecule has 0 aromatic rings. The Kier molecular flexibility index (Phi) is 4.60. The van der Waals surface area contributed by atoms with Crippen molar-refractivity contribution in [1.29, 1.82) is 0 Å². The average Bonchev–Trinajstić information content (AvgIpc) is 2.64. The van der Waals surface area contributed by atoms with E-state index in [1.54, 1.807) is 0 Å². The maximum atomic E-state index is 11.1. The monoisotopic (exact) mass is 277 g/mol. The zero-order chi connectivity index (χ0) is 13.2. The van der Waals surface area contributed by atoms with Gasteiger partial charge >= 0.3 is 0 Å². The van der Waals surface area contributed by atoms with Crippen LogP contribution in [0, 0.1) is 5.92 Å². The van der Waals surface area contributed by atoms with Crippen LogP contribution in [-0.4, -0.2) is 38.3 Å². The summed E-state index contributed by atoms with van der Waals surface area (Å²) in [7, 11) is -3.23. The van der Waals surface area contributed by atoms with Crippen molar-refractivity contribution in [2.45, 2.75) is 56.7 Å². The Bertz CT molecular complexity index is 374. The molecule has 1 heterocycles. The second kappa shape index (κ2) is 5.83. The van der Waals surface area contributed by atoms with Crippen molar-refractivity contribution in [3.63, 3.8) is 0 Å². The number of nitrogens with two attached hydrogens (primary N) is 1. The molecule has 1 saturated heterocycles. The minimum absolute atomic E-state index is 0.000242. The van der Waals surface area contributed by atoms with E-state index in [1.807, 2.05) is 0 Å². The van der Waals surface area contributed by atoms with E-state index >= 15 is 0 Å². The SMILES string of the molecule is NC1C(O)CCCC1CCCC1CNS(=O)(=O)N1. The molecule has 4 unspecified atom stereocenters. The van der Waals surface area contributed by atoms with E-state index < -0.39 is 10.2 Å². The highest BCUT2D eigenvalue weighted by Gasteiger charge is 2.30. The second-order valence-electron chi connectivity index (χ2n) is 5.43. The molecule has 1 aliphatic carbocycles. The van der Waals surface area contributed by atoms with Crippen LogP contribution in [0.4, 0.5) is 0 Å². The van der Waals surface area contributed by atoms with Gasteiger partial charge in [0, 0.05) is 18.6 Å². The summed E-state index contributed by atoms with van der Waals surface area (Å²) in [6.07, 6.45) is 5.30. The molecule has 0 radical (unpaired) electrons. The summed E-state index contributed by atoms with van der Waals surface area (Å²) in [6, 6.07) is -0.114. The third-order valence-corrected chi connectivity index (χ3v) is 5.22. The van der Waals surface area contributed by atoms with Crippen LogP contribution in [0.2, 0.25) is 0 Å². The highest BCUT2D eigenvalue weighted by atomic mass is 32.2. The lowest BCUT2D eigenvalue weighted by atomic mass is 9.80. The summed E-state index contributed by atoms with van der Waals surface area (Å²) in [6.45, 7) is 0.474. The second-order valence-corrected chi connectivity index (χ2v) is 6.96. The third-order valence-electron chi connectivity index (χ3n) is 4.03. The fraction of sp³-hybridized carbons (Fsp3) is 1.00. The fourth-order valence-corrected chi connectivity index (χ4v) is 4.07. The summed E-state index contributed by atoms with van der Waals surface area (Å²) < 4.78 is 27.3. The number of hydrogen-bond acceptors (Lipinski definition) is 4. The number of aliphatic hydroxyl groups is 1. The van der Waals surface area contributed by atoms with Crippen LogP contribution in [0.5, 0.6) is 0 Å². The molecule has 7 heteroatoms. The van der Waals surface area contributed by atoms with Crippen LogP contribution in [-0.2, 0) is 10.2 Å². The van der Waals surface area contributed by atoms with Crippen molar-refractivity contribution in [3.8, 4) is 0 Å². The van der Waals surface area contributed by atoms with Crippen LogP contribution in [0.3, 0.4) is 0 Å². The Morgan fingerprint density at radius 2 is 2.06 bits per heavy atom. The average molecular weight is 277 g/mol. The van der Waals surface area contributed by atoms with Gasteiger partial charge in [0.05, 0.1) is 6.10 Å². The highest BCUT2D eigenvalue weighted by molar-refractivity contribution is 7.87. The summed E-state index contributed by atoms with van der Waals surface area (Å²) in [5, 5.41) is 9.70. The molecule has 2 rings (SSSR count). The molecule has 6 nitrogen and oxygen atoms in total. The summed E-state index contributed by atoms with van der Waals surface area (Å²) in [4.78, 5) is 0. The zero-order valence-corrected chi connectivity index (χ0v) is 11.3. The Morgan fingerprint density at radius 3 is 2.72 bits per heavy atom. The zero-order valence-electron chi connectivity index (χ0n) is 10.5. The molecule has 2 aliphatic rings. The van der Waals surface area contributed by atoms with Gasteiger partial charge in [-0.2, -0.15) is 13.1 Å². The molecule has 0 bridgehead atoms. The number of aliphatic hydroxyl groups excluding tert-OH is 1. The Morgan fingerprint density at radius 1 is 1.28 bits per heavy atom. The summed E-state index contributed by atoms with van der Waals surface area (Å²) in [5.74, 6) is 0.375. The molecule has 0 aromatic carbocycles. The van der Waals surface area contributed by atoms with Gasteiger partial charge in [-0.1, -0.05) is 12.8 Å². The van der Waals surface area contributed by atoms with Crippen molar-refractivity contribution >= 4 is 10.2 Å². The van der Waals surface area contributed by atoms with Crippen molar-refractivity contribution in [2.75, 3.05) is 6.54 Å². The summed E-state index contributed by atoms with van der Waals surface area (Å²) >= 11 is 0. The Balaban J connectivity index is 1.69. The minimum Gasteiger partial charge on any atom is -0.392 e. The number of hydrogen-bond donors (Lipinski definition) is 4. The molecule has 2 fully saturated rings.